The Morgan fingerprint density at radius 1 is 1.50 bits per heavy atom. The van der Waals surface area contributed by atoms with Gasteiger partial charge in [-0.15, -0.1) is 11.3 Å². The van der Waals surface area contributed by atoms with Gasteiger partial charge in [-0.1, -0.05) is 11.6 Å². The van der Waals surface area contributed by atoms with Crippen LogP contribution in [-0.2, 0) is 6.54 Å². The molecular weight excluding hydrogens is 266 g/mol. The standard InChI is InChI=1S/C13H22ClN3S/c1-16(2)11-5-7-17(10-11)8-6-15-9-12-3-4-13(14)18-12/h3-4,11,15H,5-10H2,1-2H3. The summed E-state index contributed by atoms with van der Waals surface area (Å²) < 4.78 is 0.875. The number of nitrogens with zero attached hydrogens (tertiary/aromatic N) is 2. The van der Waals surface area contributed by atoms with Crippen molar-refractivity contribution in [3.8, 4) is 0 Å². The summed E-state index contributed by atoms with van der Waals surface area (Å²) in [6, 6.07) is 4.80. The van der Waals surface area contributed by atoms with Crippen LogP contribution in [0.2, 0.25) is 4.34 Å². The first kappa shape index (κ1) is 14.3. The van der Waals surface area contributed by atoms with Crippen molar-refractivity contribution in [1.82, 2.24) is 15.1 Å². The number of hydrogen-bond acceptors (Lipinski definition) is 4. The number of hydrogen-bond donors (Lipinski definition) is 1. The van der Waals surface area contributed by atoms with Crippen LogP contribution in [0.4, 0.5) is 0 Å². The number of thiophene rings is 1. The van der Waals surface area contributed by atoms with Crippen LogP contribution in [-0.4, -0.2) is 56.1 Å². The molecule has 1 N–H and O–H groups in total. The number of likely N-dealkylation sites (tertiary alicyclic amines) is 1. The van der Waals surface area contributed by atoms with E-state index >= 15 is 0 Å². The van der Waals surface area contributed by atoms with Gasteiger partial charge in [-0.3, -0.25) is 0 Å². The van der Waals surface area contributed by atoms with E-state index in [1.165, 1.54) is 24.4 Å². The van der Waals surface area contributed by atoms with Gasteiger partial charge in [0.2, 0.25) is 0 Å². The normalized spacial score (nSPS) is 21.0. The van der Waals surface area contributed by atoms with Crippen LogP contribution >= 0.6 is 22.9 Å². The van der Waals surface area contributed by atoms with E-state index in [-0.39, 0.29) is 0 Å². The minimum atomic E-state index is 0.737. The Labute approximate surface area is 119 Å². The summed E-state index contributed by atoms with van der Waals surface area (Å²) in [5.74, 6) is 0. The van der Waals surface area contributed by atoms with Crippen LogP contribution in [0.5, 0.6) is 0 Å². The van der Waals surface area contributed by atoms with Crippen LogP contribution in [0.25, 0.3) is 0 Å². The summed E-state index contributed by atoms with van der Waals surface area (Å²) in [5, 5.41) is 3.48. The predicted octanol–water partition coefficient (Wildman–Crippen LogP) is 2.13. The summed E-state index contributed by atoms with van der Waals surface area (Å²) in [7, 11) is 4.35. The quantitative estimate of drug-likeness (QED) is 0.809. The maximum Gasteiger partial charge on any atom is 0.0931 e. The summed E-state index contributed by atoms with van der Waals surface area (Å²) in [5.41, 5.74) is 0. The van der Waals surface area contributed by atoms with Crippen molar-refractivity contribution in [2.45, 2.75) is 19.0 Å². The topological polar surface area (TPSA) is 18.5 Å². The average Bonchev–Trinajstić information content (AvgIpc) is 2.93. The van der Waals surface area contributed by atoms with E-state index in [4.69, 9.17) is 11.6 Å². The van der Waals surface area contributed by atoms with Gasteiger partial charge in [-0.2, -0.15) is 0 Å². The van der Waals surface area contributed by atoms with Crippen molar-refractivity contribution in [3.63, 3.8) is 0 Å². The van der Waals surface area contributed by atoms with E-state index < -0.39 is 0 Å². The Morgan fingerprint density at radius 2 is 2.33 bits per heavy atom. The molecule has 1 unspecified atom stereocenters. The molecule has 1 aliphatic heterocycles. The smallest absolute Gasteiger partial charge is 0.0931 e. The second-order valence-electron chi connectivity index (χ2n) is 5.09. The lowest BCUT2D eigenvalue weighted by atomic mass is 10.2. The maximum absolute atomic E-state index is 5.90. The fraction of sp³-hybridized carbons (Fsp3) is 0.692. The van der Waals surface area contributed by atoms with Crippen LogP contribution in [0.15, 0.2) is 12.1 Å². The van der Waals surface area contributed by atoms with Crippen LogP contribution in [0, 0.1) is 0 Å². The van der Waals surface area contributed by atoms with Crippen molar-refractivity contribution >= 4 is 22.9 Å². The highest BCUT2D eigenvalue weighted by atomic mass is 35.5. The van der Waals surface area contributed by atoms with Gasteiger partial charge in [0.05, 0.1) is 4.34 Å². The molecule has 1 aliphatic rings. The Bertz CT molecular complexity index is 367. The SMILES string of the molecule is CN(C)C1CCN(CCNCc2ccc(Cl)s2)C1. The lowest BCUT2D eigenvalue weighted by Gasteiger charge is -2.20. The van der Waals surface area contributed by atoms with E-state index in [0.29, 0.717) is 0 Å². The Morgan fingerprint density at radius 3 is 2.94 bits per heavy atom. The summed E-state index contributed by atoms with van der Waals surface area (Å²) in [4.78, 5) is 6.19. The third-order valence-electron chi connectivity index (χ3n) is 3.51. The van der Waals surface area contributed by atoms with Crippen LogP contribution in [0.1, 0.15) is 11.3 Å². The monoisotopic (exact) mass is 287 g/mol. The molecule has 1 saturated heterocycles. The van der Waals surface area contributed by atoms with Gasteiger partial charge >= 0.3 is 0 Å². The molecule has 5 heteroatoms. The average molecular weight is 288 g/mol. The minimum Gasteiger partial charge on any atom is -0.311 e. The summed E-state index contributed by atoms with van der Waals surface area (Å²) in [6.45, 7) is 5.57. The molecule has 0 aliphatic carbocycles. The first-order valence-corrected chi connectivity index (χ1v) is 7.68. The molecule has 2 heterocycles. The highest BCUT2D eigenvalue weighted by Crippen LogP contribution is 2.20. The first-order chi connectivity index (χ1) is 8.65. The van der Waals surface area contributed by atoms with E-state index in [0.717, 1.165) is 30.0 Å². The van der Waals surface area contributed by atoms with Crippen molar-refractivity contribution in [1.29, 1.82) is 0 Å². The maximum atomic E-state index is 5.90. The van der Waals surface area contributed by atoms with Crippen LogP contribution in [0.3, 0.4) is 0 Å². The van der Waals surface area contributed by atoms with E-state index in [1.807, 2.05) is 6.07 Å². The molecule has 1 aromatic heterocycles. The van der Waals surface area contributed by atoms with Crippen molar-refractivity contribution < 1.29 is 0 Å². The third-order valence-corrected chi connectivity index (χ3v) is 4.74. The molecule has 0 bridgehead atoms. The van der Waals surface area contributed by atoms with Crippen LogP contribution < -0.4 is 5.32 Å². The van der Waals surface area contributed by atoms with E-state index in [9.17, 15) is 0 Å². The molecule has 2 rings (SSSR count). The zero-order valence-electron chi connectivity index (χ0n) is 11.2. The highest BCUT2D eigenvalue weighted by Gasteiger charge is 2.22. The molecule has 18 heavy (non-hydrogen) atoms. The molecular formula is C13H22ClN3S. The number of likely N-dealkylation sites (N-methyl/N-ethyl adjacent to an activating group) is 1. The molecule has 3 nitrogen and oxygen atoms in total. The van der Waals surface area contributed by atoms with Gasteiger partial charge in [0.25, 0.3) is 0 Å². The molecule has 0 spiro atoms. The summed E-state index contributed by atoms with van der Waals surface area (Å²) >= 11 is 7.56. The fourth-order valence-corrected chi connectivity index (χ4v) is 3.39. The molecule has 1 aromatic rings. The largest absolute Gasteiger partial charge is 0.311 e. The molecule has 1 atom stereocenters. The van der Waals surface area contributed by atoms with Gasteiger partial charge in [-0.25, -0.2) is 0 Å². The van der Waals surface area contributed by atoms with Gasteiger partial charge in [0.15, 0.2) is 0 Å². The van der Waals surface area contributed by atoms with Gasteiger partial charge in [0.1, 0.15) is 0 Å². The minimum absolute atomic E-state index is 0.737. The molecule has 1 fully saturated rings. The number of rotatable bonds is 6. The van der Waals surface area contributed by atoms with Gasteiger partial charge in [-0.05, 0) is 39.2 Å². The zero-order valence-corrected chi connectivity index (χ0v) is 12.7. The van der Waals surface area contributed by atoms with Crippen molar-refractivity contribution in [2.24, 2.45) is 0 Å². The number of halogens is 1. The van der Waals surface area contributed by atoms with Gasteiger partial charge in [0, 0.05) is 37.1 Å². The van der Waals surface area contributed by atoms with Crippen molar-refractivity contribution in [3.05, 3.63) is 21.3 Å². The van der Waals surface area contributed by atoms with Gasteiger partial charge < -0.3 is 15.1 Å². The second kappa shape index (κ2) is 6.87. The first-order valence-electron chi connectivity index (χ1n) is 6.49. The van der Waals surface area contributed by atoms with Crippen molar-refractivity contribution in [2.75, 3.05) is 40.3 Å². The summed E-state index contributed by atoms with van der Waals surface area (Å²) in [6.07, 6.45) is 1.30. The third kappa shape index (κ3) is 4.21. The molecule has 102 valence electrons. The lowest BCUT2D eigenvalue weighted by Crippen LogP contribution is -2.34. The molecule has 0 aromatic carbocycles. The second-order valence-corrected chi connectivity index (χ2v) is 6.89. The Kier molecular flexibility index (Phi) is 5.45. The predicted molar refractivity (Wildman–Crippen MR) is 79.6 cm³/mol. The molecule has 0 amide bonds. The zero-order chi connectivity index (χ0) is 13.0. The molecule has 0 saturated carbocycles. The number of nitrogens with one attached hydrogen (secondary N) is 1. The Hall–Kier alpha value is -0.130. The molecule has 0 radical (unpaired) electrons. The Balaban J connectivity index is 1.59. The highest BCUT2D eigenvalue weighted by molar-refractivity contribution is 7.16. The fourth-order valence-electron chi connectivity index (χ4n) is 2.33. The van der Waals surface area contributed by atoms with E-state index in [2.05, 4.69) is 35.3 Å². The lowest BCUT2D eigenvalue weighted by molar-refractivity contribution is 0.268. The van der Waals surface area contributed by atoms with E-state index in [1.54, 1.807) is 11.3 Å².